The third-order valence-electron chi connectivity index (χ3n) is 3.92. The lowest BCUT2D eigenvalue weighted by Crippen LogP contribution is -2.08. The predicted octanol–water partition coefficient (Wildman–Crippen LogP) is 3.78. The van der Waals surface area contributed by atoms with Crippen molar-refractivity contribution < 1.29 is 24.5 Å². The summed E-state index contributed by atoms with van der Waals surface area (Å²) < 4.78 is 11.4. The Labute approximate surface area is 142 Å². The summed E-state index contributed by atoms with van der Waals surface area (Å²) in [5, 5.41) is 22.2. The van der Waals surface area contributed by atoms with Gasteiger partial charge in [-0.25, -0.2) is 4.79 Å². The molecule has 3 aromatic rings. The van der Waals surface area contributed by atoms with Crippen LogP contribution < -0.4 is 9.47 Å². The van der Waals surface area contributed by atoms with Gasteiger partial charge in [0.25, 0.3) is 0 Å². The van der Waals surface area contributed by atoms with E-state index in [0.717, 1.165) is 15.6 Å². The maximum Gasteiger partial charge on any atom is 0.336 e. The number of ether oxygens (including phenoxy) is 2. The molecule has 0 atom stereocenters. The minimum Gasteiger partial charge on any atom is -0.497 e. The van der Waals surface area contributed by atoms with Crippen LogP contribution >= 0.6 is 11.3 Å². The summed E-state index contributed by atoms with van der Waals surface area (Å²) in [4.78, 5) is 11.9. The van der Waals surface area contributed by atoms with Gasteiger partial charge in [-0.15, -0.1) is 11.3 Å². The van der Waals surface area contributed by atoms with Crippen molar-refractivity contribution in [1.29, 1.82) is 0 Å². The number of hydrogen-bond acceptors (Lipinski definition) is 5. The van der Waals surface area contributed by atoms with Crippen molar-refractivity contribution >= 4 is 27.4 Å². The summed E-state index contributed by atoms with van der Waals surface area (Å²) in [7, 11) is 3.05. The first-order valence-electron chi connectivity index (χ1n) is 7.21. The Morgan fingerprint density at radius 3 is 2.38 bits per heavy atom. The van der Waals surface area contributed by atoms with Crippen LogP contribution in [0.15, 0.2) is 35.7 Å². The molecule has 2 aromatic carbocycles. The van der Waals surface area contributed by atoms with E-state index in [0.29, 0.717) is 17.1 Å². The van der Waals surface area contributed by atoms with Crippen LogP contribution in [0.25, 0.3) is 21.2 Å². The summed E-state index contributed by atoms with van der Waals surface area (Å²) in [6.45, 7) is -0.417. The number of rotatable bonds is 5. The molecule has 0 radical (unpaired) electrons. The number of hydrogen-bond donors (Lipinski definition) is 2. The number of carbonyl (C=O) groups is 1. The second-order valence-electron chi connectivity index (χ2n) is 5.12. The van der Waals surface area contributed by atoms with Crippen LogP contribution in [0.2, 0.25) is 0 Å². The third kappa shape index (κ3) is 2.50. The van der Waals surface area contributed by atoms with Gasteiger partial charge in [-0.2, -0.15) is 0 Å². The van der Waals surface area contributed by atoms with Gasteiger partial charge in [-0.1, -0.05) is 12.1 Å². The fourth-order valence-corrected chi connectivity index (χ4v) is 3.84. The number of carboxylic acid groups (broad SMARTS) is 1. The minimum absolute atomic E-state index is 0.0643. The molecule has 0 amide bonds. The molecule has 0 unspecified atom stereocenters. The number of benzene rings is 2. The van der Waals surface area contributed by atoms with E-state index in [4.69, 9.17) is 9.47 Å². The van der Waals surface area contributed by atoms with E-state index in [9.17, 15) is 15.0 Å². The SMILES string of the molecule is COc1ccc(-c2c(C(=O)O)c(CO)c(OC)c3ccsc23)cc1. The predicted molar refractivity (Wildman–Crippen MR) is 93.2 cm³/mol. The fourth-order valence-electron chi connectivity index (χ4n) is 2.88. The highest BCUT2D eigenvalue weighted by Crippen LogP contribution is 2.44. The first-order chi connectivity index (χ1) is 11.6. The second kappa shape index (κ2) is 6.51. The fraction of sp³-hybridized carbons (Fsp3) is 0.167. The Kier molecular flexibility index (Phi) is 4.42. The number of aliphatic hydroxyl groups is 1. The maximum atomic E-state index is 11.9. The lowest BCUT2D eigenvalue weighted by atomic mass is 9.93. The van der Waals surface area contributed by atoms with Gasteiger partial charge in [-0.05, 0) is 29.1 Å². The van der Waals surface area contributed by atoms with Gasteiger partial charge in [0.05, 0.1) is 26.4 Å². The molecule has 2 N–H and O–H groups in total. The lowest BCUT2D eigenvalue weighted by molar-refractivity contribution is 0.0694. The van der Waals surface area contributed by atoms with Crippen molar-refractivity contribution in [2.45, 2.75) is 6.61 Å². The van der Waals surface area contributed by atoms with Crippen LogP contribution in [0, 0.1) is 0 Å². The van der Waals surface area contributed by atoms with Gasteiger partial charge < -0.3 is 19.7 Å². The number of thiophene rings is 1. The molecule has 3 rings (SSSR count). The third-order valence-corrected chi connectivity index (χ3v) is 4.85. The van der Waals surface area contributed by atoms with Gasteiger partial charge in [0.2, 0.25) is 0 Å². The molecule has 0 aliphatic carbocycles. The molecule has 1 aromatic heterocycles. The second-order valence-corrected chi connectivity index (χ2v) is 6.03. The summed E-state index contributed by atoms with van der Waals surface area (Å²) in [5.41, 5.74) is 1.68. The van der Waals surface area contributed by atoms with E-state index >= 15 is 0 Å². The Balaban J connectivity index is 2.42. The molecular weight excluding hydrogens is 328 g/mol. The van der Waals surface area contributed by atoms with Crippen molar-refractivity contribution in [2.24, 2.45) is 0 Å². The van der Waals surface area contributed by atoms with E-state index in [-0.39, 0.29) is 11.1 Å². The Morgan fingerprint density at radius 1 is 1.12 bits per heavy atom. The van der Waals surface area contributed by atoms with Crippen molar-refractivity contribution in [3.05, 3.63) is 46.8 Å². The first-order valence-corrected chi connectivity index (χ1v) is 8.09. The van der Waals surface area contributed by atoms with Gasteiger partial charge >= 0.3 is 5.97 Å². The van der Waals surface area contributed by atoms with E-state index in [1.54, 1.807) is 19.2 Å². The van der Waals surface area contributed by atoms with E-state index in [1.165, 1.54) is 18.4 Å². The van der Waals surface area contributed by atoms with Gasteiger partial charge in [0.15, 0.2) is 0 Å². The number of aliphatic hydroxyl groups excluding tert-OH is 1. The number of fused-ring (bicyclic) bond motifs is 1. The van der Waals surface area contributed by atoms with Crippen LogP contribution in [-0.2, 0) is 6.61 Å². The molecule has 0 bridgehead atoms. The average Bonchev–Trinajstić information content (AvgIpc) is 3.08. The zero-order chi connectivity index (χ0) is 17.3. The van der Waals surface area contributed by atoms with Crippen molar-refractivity contribution in [1.82, 2.24) is 0 Å². The first kappa shape index (κ1) is 16.3. The van der Waals surface area contributed by atoms with Gasteiger partial charge in [-0.3, -0.25) is 0 Å². The van der Waals surface area contributed by atoms with Crippen LogP contribution in [-0.4, -0.2) is 30.4 Å². The molecule has 1 heterocycles. The number of carboxylic acids is 1. The summed E-state index contributed by atoms with van der Waals surface area (Å²) in [6, 6.07) is 9.06. The normalized spacial score (nSPS) is 10.8. The zero-order valence-electron chi connectivity index (χ0n) is 13.2. The molecule has 0 saturated carbocycles. The van der Waals surface area contributed by atoms with Crippen molar-refractivity contribution in [3.8, 4) is 22.6 Å². The molecule has 6 heteroatoms. The standard InChI is InChI=1S/C18H16O5S/c1-22-11-5-3-10(4-6-11)14-15(18(20)21)13(9-19)16(23-2)12-7-8-24-17(12)14/h3-8,19H,9H2,1-2H3,(H,20,21). The molecule has 5 nitrogen and oxygen atoms in total. The van der Waals surface area contributed by atoms with E-state index in [1.807, 2.05) is 23.6 Å². The highest BCUT2D eigenvalue weighted by Gasteiger charge is 2.25. The molecule has 0 fully saturated rings. The minimum atomic E-state index is -1.10. The molecule has 0 aliphatic rings. The Morgan fingerprint density at radius 2 is 1.83 bits per heavy atom. The molecule has 0 aliphatic heterocycles. The van der Waals surface area contributed by atoms with E-state index in [2.05, 4.69) is 0 Å². The topological polar surface area (TPSA) is 76.0 Å². The average molecular weight is 344 g/mol. The van der Waals surface area contributed by atoms with Crippen LogP contribution in [0.5, 0.6) is 11.5 Å². The number of methoxy groups -OCH3 is 2. The van der Waals surface area contributed by atoms with Gasteiger partial charge in [0, 0.05) is 21.2 Å². The lowest BCUT2D eigenvalue weighted by Gasteiger charge is -2.17. The van der Waals surface area contributed by atoms with Gasteiger partial charge in [0.1, 0.15) is 11.5 Å². The van der Waals surface area contributed by atoms with Crippen molar-refractivity contribution in [3.63, 3.8) is 0 Å². The quantitative estimate of drug-likeness (QED) is 0.737. The maximum absolute atomic E-state index is 11.9. The molecule has 24 heavy (non-hydrogen) atoms. The Hall–Kier alpha value is -2.57. The zero-order valence-corrected chi connectivity index (χ0v) is 14.0. The summed E-state index contributed by atoms with van der Waals surface area (Å²) >= 11 is 1.44. The largest absolute Gasteiger partial charge is 0.497 e. The molecular formula is C18H16O5S. The smallest absolute Gasteiger partial charge is 0.336 e. The molecule has 0 spiro atoms. The van der Waals surface area contributed by atoms with Crippen LogP contribution in [0.3, 0.4) is 0 Å². The van der Waals surface area contributed by atoms with Crippen molar-refractivity contribution in [2.75, 3.05) is 14.2 Å². The van der Waals surface area contributed by atoms with E-state index < -0.39 is 12.6 Å². The van der Waals surface area contributed by atoms with Crippen LogP contribution in [0.4, 0.5) is 0 Å². The summed E-state index contributed by atoms with van der Waals surface area (Å²) in [6.07, 6.45) is 0. The Bertz CT molecular complexity index is 896. The highest BCUT2D eigenvalue weighted by molar-refractivity contribution is 7.17. The highest BCUT2D eigenvalue weighted by atomic mass is 32.1. The summed E-state index contributed by atoms with van der Waals surface area (Å²) in [5.74, 6) is -0.00387. The monoisotopic (exact) mass is 344 g/mol. The van der Waals surface area contributed by atoms with Crippen LogP contribution in [0.1, 0.15) is 15.9 Å². The number of aromatic carboxylic acids is 1. The molecule has 124 valence electrons. The molecule has 0 saturated heterocycles.